The maximum atomic E-state index is 6.12. The summed E-state index contributed by atoms with van der Waals surface area (Å²) in [6.07, 6.45) is 7.05. The van der Waals surface area contributed by atoms with Crippen LogP contribution in [0.4, 0.5) is 0 Å². The molecule has 2 unspecified atom stereocenters. The molecule has 0 N–H and O–H groups in total. The van der Waals surface area contributed by atoms with E-state index in [9.17, 15) is 0 Å². The Balaban J connectivity index is 2.93. The molecule has 0 aromatic rings. The minimum atomic E-state index is -2.56. The first-order valence-electron chi connectivity index (χ1n) is 8.20. The maximum Gasteiger partial charge on any atom is 0.504 e. The van der Waals surface area contributed by atoms with Crippen LogP contribution in [0.15, 0.2) is 11.6 Å². The lowest BCUT2D eigenvalue weighted by atomic mass is 9.87. The van der Waals surface area contributed by atoms with Crippen LogP contribution in [0.2, 0.25) is 5.54 Å². The summed E-state index contributed by atoms with van der Waals surface area (Å²) in [5.41, 5.74) is 1.94. The Kier molecular flexibility index (Phi) is 8.03. The molecule has 1 aliphatic carbocycles. The summed E-state index contributed by atoms with van der Waals surface area (Å²) in [5, 5.41) is 0. The van der Waals surface area contributed by atoms with E-state index in [1.54, 1.807) is 0 Å². The fourth-order valence-electron chi connectivity index (χ4n) is 3.27. The van der Waals surface area contributed by atoms with E-state index in [2.05, 4.69) is 19.9 Å². The number of allylic oxidation sites excluding steroid dienone is 2. The van der Waals surface area contributed by atoms with Crippen molar-refractivity contribution in [1.29, 1.82) is 0 Å². The van der Waals surface area contributed by atoms with Gasteiger partial charge in [-0.3, -0.25) is 0 Å². The van der Waals surface area contributed by atoms with Crippen LogP contribution in [0.5, 0.6) is 0 Å². The van der Waals surface area contributed by atoms with Crippen molar-refractivity contribution < 1.29 is 13.3 Å². The van der Waals surface area contributed by atoms with Crippen LogP contribution in [0.3, 0.4) is 0 Å². The lowest BCUT2D eigenvalue weighted by Crippen LogP contribution is -2.52. The summed E-state index contributed by atoms with van der Waals surface area (Å²) in [6, 6.07) is 0. The summed E-state index contributed by atoms with van der Waals surface area (Å²) in [5.74, 6) is 0.639. The zero-order chi connectivity index (χ0) is 15.0. The molecule has 0 fully saturated rings. The first-order chi connectivity index (χ1) is 9.63. The van der Waals surface area contributed by atoms with E-state index < -0.39 is 8.80 Å². The smallest absolute Gasteiger partial charge is 0.374 e. The standard InChI is InChI=1S/C16H32O3Si/c1-6-16(15-12-10-14(5)11-13-15)20(17-7-2,18-8-3)19-9-4/h10,15-16H,6-9,11-13H2,1-5H3. The first-order valence-corrected chi connectivity index (χ1v) is 10.0. The highest BCUT2D eigenvalue weighted by Gasteiger charge is 2.51. The lowest BCUT2D eigenvalue weighted by Gasteiger charge is -2.39. The van der Waals surface area contributed by atoms with Gasteiger partial charge in [0.1, 0.15) is 0 Å². The molecule has 1 rings (SSSR count). The Bertz CT molecular complexity index is 287. The summed E-state index contributed by atoms with van der Waals surface area (Å²) >= 11 is 0. The average molecular weight is 301 g/mol. The summed E-state index contributed by atoms with van der Waals surface area (Å²) in [7, 11) is -2.56. The Labute approximate surface area is 126 Å². The van der Waals surface area contributed by atoms with Crippen LogP contribution >= 0.6 is 0 Å². The first kappa shape index (κ1) is 17.9. The van der Waals surface area contributed by atoms with Gasteiger partial charge < -0.3 is 13.3 Å². The third kappa shape index (κ3) is 4.42. The number of hydrogen-bond acceptors (Lipinski definition) is 3. The van der Waals surface area contributed by atoms with Crippen molar-refractivity contribution in [1.82, 2.24) is 0 Å². The monoisotopic (exact) mass is 300 g/mol. The second-order valence-electron chi connectivity index (χ2n) is 5.50. The van der Waals surface area contributed by atoms with Gasteiger partial charge in [0.05, 0.1) is 0 Å². The highest BCUT2D eigenvalue weighted by atomic mass is 28.4. The van der Waals surface area contributed by atoms with Crippen molar-refractivity contribution in [2.24, 2.45) is 5.92 Å². The van der Waals surface area contributed by atoms with Crippen LogP contribution in [-0.4, -0.2) is 28.6 Å². The minimum absolute atomic E-state index is 0.423. The molecule has 0 saturated carbocycles. The summed E-state index contributed by atoms with van der Waals surface area (Å²) < 4.78 is 18.4. The molecule has 0 saturated heterocycles. The molecule has 2 atom stereocenters. The molecule has 0 spiro atoms. The predicted octanol–water partition coefficient (Wildman–Crippen LogP) is 4.56. The lowest BCUT2D eigenvalue weighted by molar-refractivity contribution is 0.0518. The van der Waals surface area contributed by atoms with Crippen LogP contribution < -0.4 is 0 Å². The van der Waals surface area contributed by atoms with Gasteiger partial charge >= 0.3 is 8.80 Å². The largest absolute Gasteiger partial charge is 0.504 e. The van der Waals surface area contributed by atoms with E-state index in [4.69, 9.17) is 13.3 Å². The van der Waals surface area contributed by atoms with E-state index in [1.807, 2.05) is 20.8 Å². The molecule has 3 nitrogen and oxygen atoms in total. The molecular formula is C16H32O3Si. The van der Waals surface area contributed by atoms with E-state index in [1.165, 1.54) is 18.4 Å². The van der Waals surface area contributed by atoms with Crippen LogP contribution in [-0.2, 0) is 13.3 Å². The predicted molar refractivity (Wildman–Crippen MR) is 85.8 cm³/mol. The molecule has 0 aromatic heterocycles. The Morgan fingerprint density at radius 3 is 2.00 bits per heavy atom. The van der Waals surface area contributed by atoms with Gasteiger partial charge in [0, 0.05) is 25.4 Å². The second kappa shape index (κ2) is 8.98. The summed E-state index contributed by atoms with van der Waals surface area (Å²) in [4.78, 5) is 0. The second-order valence-corrected chi connectivity index (χ2v) is 8.32. The SMILES string of the molecule is CCO[Si](OCC)(OCC)C(CC)C1CC=C(C)CC1. The highest BCUT2D eigenvalue weighted by Crippen LogP contribution is 2.42. The van der Waals surface area contributed by atoms with Gasteiger partial charge in [-0.1, -0.05) is 18.6 Å². The molecular weight excluding hydrogens is 268 g/mol. The molecule has 0 bridgehead atoms. The Hall–Kier alpha value is -0.163. The van der Waals surface area contributed by atoms with Crippen LogP contribution in [0.25, 0.3) is 0 Å². The van der Waals surface area contributed by atoms with Crippen molar-refractivity contribution in [3.8, 4) is 0 Å². The normalized spacial score (nSPS) is 21.6. The van der Waals surface area contributed by atoms with E-state index in [0.717, 1.165) is 12.8 Å². The van der Waals surface area contributed by atoms with Gasteiger partial charge in [0.25, 0.3) is 0 Å². The minimum Gasteiger partial charge on any atom is -0.374 e. The van der Waals surface area contributed by atoms with Crippen molar-refractivity contribution in [3.63, 3.8) is 0 Å². The van der Waals surface area contributed by atoms with E-state index in [0.29, 0.717) is 31.3 Å². The Morgan fingerprint density at radius 1 is 1.10 bits per heavy atom. The molecule has 0 aliphatic heterocycles. The molecule has 20 heavy (non-hydrogen) atoms. The van der Waals surface area contributed by atoms with Crippen LogP contribution in [0, 0.1) is 5.92 Å². The van der Waals surface area contributed by atoms with Crippen molar-refractivity contribution >= 4 is 8.80 Å². The topological polar surface area (TPSA) is 27.7 Å². The zero-order valence-corrected chi connectivity index (χ0v) is 14.9. The Morgan fingerprint density at radius 2 is 1.65 bits per heavy atom. The van der Waals surface area contributed by atoms with Gasteiger partial charge in [-0.25, -0.2) is 0 Å². The molecule has 0 amide bonds. The zero-order valence-electron chi connectivity index (χ0n) is 13.9. The van der Waals surface area contributed by atoms with Gasteiger partial charge in [-0.15, -0.1) is 0 Å². The van der Waals surface area contributed by atoms with Gasteiger partial charge in [-0.2, -0.15) is 0 Å². The molecule has 0 aromatic carbocycles. The number of hydrogen-bond donors (Lipinski definition) is 0. The summed E-state index contributed by atoms with van der Waals surface area (Å²) in [6.45, 7) is 12.6. The van der Waals surface area contributed by atoms with Gasteiger partial charge in [-0.05, 0) is 59.3 Å². The molecule has 1 aliphatic rings. The molecule has 0 heterocycles. The van der Waals surface area contributed by atoms with Gasteiger partial charge in [0.15, 0.2) is 0 Å². The third-order valence-electron chi connectivity index (χ3n) is 4.18. The van der Waals surface area contributed by atoms with Crippen molar-refractivity contribution in [3.05, 3.63) is 11.6 Å². The average Bonchev–Trinajstić information content (AvgIpc) is 2.42. The number of rotatable bonds is 9. The van der Waals surface area contributed by atoms with E-state index in [-0.39, 0.29) is 0 Å². The maximum absolute atomic E-state index is 6.12. The van der Waals surface area contributed by atoms with Crippen molar-refractivity contribution in [2.75, 3.05) is 19.8 Å². The molecule has 4 heteroatoms. The molecule has 0 radical (unpaired) electrons. The highest BCUT2D eigenvalue weighted by molar-refractivity contribution is 6.62. The van der Waals surface area contributed by atoms with Crippen molar-refractivity contribution in [2.45, 2.75) is 65.8 Å². The van der Waals surface area contributed by atoms with Gasteiger partial charge in [0.2, 0.25) is 0 Å². The fraction of sp³-hybridized carbons (Fsp3) is 0.875. The molecule has 118 valence electrons. The fourth-order valence-corrected chi connectivity index (χ4v) is 6.75. The third-order valence-corrected chi connectivity index (χ3v) is 8.04. The van der Waals surface area contributed by atoms with E-state index >= 15 is 0 Å². The quantitative estimate of drug-likeness (QED) is 0.461. The van der Waals surface area contributed by atoms with Crippen LogP contribution in [0.1, 0.15) is 60.3 Å².